The first-order valence-electron chi connectivity index (χ1n) is 6.45. The highest BCUT2D eigenvalue weighted by Crippen LogP contribution is 2.17. The summed E-state index contributed by atoms with van der Waals surface area (Å²) in [5.74, 6) is 0.535. The van der Waals surface area contributed by atoms with Crippen molar-refractivity contribution in [2.45, 2.75) is 12.5 Å². The number of carbonyl (C=O) groups excluding carboxylic acids is 1. The fourth-order valence-corrected chi connectivity index (χ4v) is 2.20. The minimum Gasteiger partial charge on any atom is -0.472 e. The molecule has 0 radical (unpaired) electrons. The van der Waals surface area contributed by atoms with Gasteiger partial charge in [-0.25, -0.2) is 9.97 Å². The third-order valence-electron chi connectivity index (χ3n) is 3.18. The summed E-state index contributed by atoms with van der Waals surface area (Å²) >= 11 is 0. The Morgan fingerprint density at radius 1 is 1.30 bits per heavy atom. The molecule has 6 heteroatoms. The van der Waals surface area contributed by atoms with Crippen molar-refractivity contribution >= 4 is 5.91 Å². The molecule has 3 heterocycles. The van der Waals surface area contributed by atoms with Gasteiger partial charge in [0, 0.05) is 37.6 Å². The van der Waals surface area contributed by atoms with E-state index in [1.807, 2.05) is 0 Å². The van der Waals surface area contributed by atoms with E-state index in [1.165, 1.54) is 6.33 Å². The maximum atomic E-state index is 12.2. The van der Waals surface area contributed by atoms with E-state index in [0.29, 0.717) is 24.5 Å². The molecule has 2 aromatic heterocycles. The number of amides is 1. The second kappa shape index (κ2) is 5.64. The van der Waals surface area contributed by atoms with Crippen LogP contribution < -0.4 is 4.74 Å². The zero-order chi connectivity index (χ0) is 13.8. The molecule has 3 rings (SSSR count). The normalized spacial score (nSPS) is 18.0. The van der Waals surface area contributed by atoms with Gasteiger partial charge in [-0.1, -0.05) is 0 Å². The van der Waals surface area contributed by atoms with Crippen LogP contribution in [0.25, 0.3) is 0 Å². The number of ether oxygens (including phenoxy) is 1. The fourth-order valence-electron chi connectivity index (χ4n) is 2.20. The van der Waals surface area contributed by atoms with Gasteiger partial charge in [0.2, 0.25) is 5.88 Å². The predicted octanol–water partition coefficient (Wildman–Crippen LogP) is 1.17. The molecule has 0 saturated carbocycles. The van der Waals surface area contributed by atoms with Crippen molar-refractivity contribution in [2.24, 2.45) is 0 Å². The lowest BCUT2D eigenvalue weighted by atomic mass is 10.2. The minimum atomic E-state index is -0.0227. The van der Waals surface area contributed by atoms with Gasteiger partial charge in [-0.3, -0.25) is 9.78 Å². The highest BCUT2D eigenvalue weighted by atomic mass is 16.5. The number of hydrogen-bond donors (Lipinski definition) is 0. The number of carbonyl (C=O) groups is 1. The molecule has 0 aromatic carbocycles. The molecule has 1 atom stereocenters. The minimum absolute atomic E-state index is 0.00751. The van der Waals surface area contributed by atoms with E-state index in [0.717, 1.165) is 6.42 Å². The summed E-state index contributed by atoms with van der Waals surface area (Å²) < 4.78 is 5.73. The number of pyridine rings is 1. The summed E-state index contributed by atoms with van der Waals surface area (Å²) in [6, 6.07) is 5.25. The summed E-state index contributed by atoms with van der Waals surface area (Å²) in [6.45, 7) is 1.25. The van der Waals surface area contributed by atoms with Crippen molar-refractivity contribution in [3.05, 3.63) is 48.7 Å². The maximum absolute atomic E-state index is 12.2. The first kappa shape index (κ1) is 12.5. The van der Waals surface area contributed by atoms with Crippen LogP contribution in [0.2, 0.25) is 0 Å². The topological polar surface area (TPSA) is 68.2 Å². The van der Waals surface area contributed by atoms with E-state index in [9.17, 15) is 4.79 Å². The first-order valence-corrected chi connectivity index (χ1v) is 6.45. The first-order chi connectivity index (χ1) is 9.83. The standard InChI is InChI=1S/C14H14N4O2/c19-14(11-2-1-5-15-8-11)18-7-4-12(9-18)20-13-3-6-16-10-17-13/h1-3,5-6,8,10,12H,4,7,9H2. The summed E-state index contributed by atoms with van der Waals surface area (Å²) in [5.41, 5.74) is 0.607. The maximum Gasteiger partial charge on any atom is 0.255 e. The smallest absolute Gasteiger partial charge is 0.255 e. The molecule has 1 amide bonds. The van der Waals surface area contributed by atoms with Gasteiger partial charge < -0.3 is 9.64 Å². The van der Waals surface area contributed by atoms with Gasteiger partial charge in [-0.05, 0) is 12.1 Å². The van der Waals surface area contributed by atoms with Crippen LogP contribution in [0.4, 0.5) is 0 Å². The molecule has 1 aliphatic rings. The van der Waals surface area contributed by atoms with Crippen LogP contribution in [-0.2, 0) is 0 Å². The largest absolute Gasteiger partial charge is 0.472 e. The van der Waals surface area contributed by atoms with Crippen molar-refractivity contribution in [3.8, 4) is 5.88 Å². The van der Waals surface area contributed by atoms with Gasteiger partial charge in [0.1, 0.15) is 12.4 Å². The van der Waals surface area contributed by atoms with Gasteiger partial charge in [-0.2, -0.15) is 0 Å². The quantitative estimate of drug-likeness (QED) is 0.837. The number of aromatic nitrogens is 3. The third kappa shape index (κ3) is 2.74. The summed E-state index contributed by atoms with van der Waals surface area (Å²) in [7, 11) is 0. The summed E-state index contributed by atoms with van der Waals surface area (Å²) in [5, 5.41) is 0. The van der Waals surface area contributed by atoms with E-state index in [-0.39, 0.29) is 12.0 Å². The Labute approximate surface area is 116 Å². The average Bonchev–Trinajstić information content (AvgIpc) is 2.97. The number of hydrogen-bond acceptors (Lipinski definition) is 5. The fraction of sp³-hybridized carbons (Fsp3) is 0.286. The molecule has 1 fully saturated rings. The Morgan fingerprint density at radius 2 is 2.25 bits per heavy atom. The second-order valence-electron chi connectivity index (χ2n) is 4.57. The average molecular weight is 270 g/mol. The monoisotopic (exact) mass is 270 g/mol. The Hall–Kier alpha value is -2.50. The highest BCUT2D eigenvalue weighted by Gasteiger charge is 2.28. The van der Waals surface area contributed by atoms with Crippen LogP contribution in [0.3, 0.4) is 0 Å². The van der Waals surface area contributed by atoms with E-state index in [2.05, 4.69) is 15.0 Å². The Bertz CT molecular complexity index is 576. The molecule has 0 N–H and O–H groups in total. The van der Waals surface area contributed by atoms with Gasteiger partial charge in [0.15, 0.2) is 0 Å². The molecule has 1 aliphatic heterocycles. The van der Waals surface area contributed by atoms with Crippen molar-refractivity contribution in [3.63, 3.8) is 0 Å². The van der Waals surface area contributed by atoms with Crippen molar-refractivity contribution < 1.29 is 9.53 Å². The zero-order valence-corrected chi connectivity index (χ0v) is 10.8. The lowest BCUT2D eigenvalue weighted by Crippen LogP contribution is -2.31. The van der Waals surface area contributed by atoms with E-state index < -0.39 is 0 Å². The molecular formula is C14H14N4O2. The molecule has 0 spiro atoms. The van der Waals surface area contributed by atoms with Gasteiger partial charge in [0.25, 0.3) is 5.91 Å². The predicted molar refractivity (Wildman–Crippen MR) is 71.2 cm³/mol. The van der Waals surface area contributed by atoms with Crippen molar-refractivity contribution in [1.29, 1.82) is 0 Å². The molecule has 2 aromatic rings. The summed E-state index contributed by atoms with van der Waals surface area (Å²) in [4.78, 5) is 25.9. The van der Waals surface area contributed by atoms with Crippen molar-refractivity contribution in [1.82, 2.24) is 19.9 Å². The second-order valence-corrected chi connectivity index (χ2v) is 4.57. The molecule has 1 saturated heterocycles. The number of rotatable bonds is 3. The lowest BCUT2D eigenvalue weighted by Gasteiger charge is -2.16. The van der Waals surface area contributed by atoms with E-state index in [4.69, 9.17) is 4.74 Å². The van der Waals surface area contributed by atoms with Gasteiger partial charge in [-0.15, -0.1) is 0 Å². The molecule has 0 bridgehead atoms. The Morgan fingerprint density at radius 3 is 3.00 bits per heavy atom. The Balaban J connectivity index is 1.61. The molecular weight excluding hydrogens is 256 g/mol. The Kier molecular flexibility index (Phi) is 3.54. The van der Waals surface area contributed by atoms with Gasteiger partial charge >= 0.3 is 0 Å². The highest BCUT2D eigenvalue weighted by molar-refractivity contribution is 5.94. The molecule has 20 heavy (non-hydrogen) atoms. The van der Waals surface area contributed by atoms with Crippen LogP contribution in [0, 0.1) is 0 Å². The molecule has 0 aliphatic carbocycles. The molecule has 6 nitrogen and oxygen atoms in total. The van der Waals surface area contributed by atoms with Crippen LogP contribution in [-0.4, -0.2) is 45.0 Å². The molecule has 102 valence electrons. The number of nitrogens with zero attached hydrogens (tertiary/aromatic N) is 4. The van der Waals surface area contributed by atoms with Crippen LogP contribution in [0.5, 0.6) is 5.88 Å². The van der Waals surface area contributed by atoms with Crippen LogP contribution >= 0.6 is 0 Å². The van der Waals surface area contributed by atoms with Gasteiger partial charge in [0.05, 0.1) is 12.1 Å². The zero-order valence-electron chi connectivity index (χ0n) is 10.8. The third-order valence-corrected chi connectivity index (χ3v) is 3.18. The summed E-state index contributed by atoms with van der Waals surface area (Å²) in [6.07, 6.45) is 7.10. The van der Waals surface area contributed by atoms with Crippen molar-refractivity contribution in [2.75, 3.05) is 13.1 Å². The SMILES string of the molecule is O=C(c1cccnc1)N1CCC(Oc2ccncn2)C1. The lowest BCUT2D eigenvalue weighted by molar-refractivity contribution is 0.0770. The van der Waals surface area contributed by atoms with E-state index >= 15 is 0 Å². The molecule has 1 unspecified atom stereocenters. The van der Waals surface area contributed by atoms with Crippen LogP contribution in [0.15, 0.2) is 43.1 Å². The number of likely N-dealkylation sites (tertiary alicyclic amines) is 1. The van der Waals surface area contributed by atoms with Crippen LogP contribution in [0.1, 0.15) is 16.8 Å². The van der Waals surface area contributed by atoms with E-state index in [1.54, 1.807) is 41.7 Å².